The third-order valence-corrected chi connectivity index (χ3v) is 3.03. The molecule has 0 aliphatic carbocycles. The fourth-order valence-corrected chi connectivity index (χ4v) is 1.90. The highest BCUT2D eigenvalue weighted by molar-refractivity contribution is 6.33. The molecule has 0 saturated carbocycles. The van der Waals surface area contributed by atoms with Crippen LogP contribution >= 0.6 is 11.6 Å². The summed E-state index contributed by atoms with van der Waals surface area (Å²) in [7, 11) is 0. The van der Waals surface area contributed by atoms with Gasteiger partial charge >= 0.3 is 0 Å². The number of nitro benzene ring substituents is 1. The lowest BCUT2D eigenvalue weighted by Crippen LogP contribution is -2.24. The Balaban J connectivity index is 2.53. The number of unbranched alkanes of at least 4 members (excludes halogenated alkanes) is 3. The lowest BCUT2D eigenvalue weighted by Gasteiger charge is -2.05. The van der Waals surface area contributed by atoms with Crippen molar-refractivity contribution >= 4 is 23.2 Å². The molecule has 0 unspecified atom stereocenters. The zero-order valence-electron chi connectivity index (χ0n) is 10.8. The number of amides is 1. The molecule has 0 radical (unpaired) electrons. The van der Waals surface area contributed by atoms with E-state index < -0.39 is 4.92 Å². The van der Waals surface area contributed by atoms with E-state index in [0.29, 0.717) is 12.1 Å². The van der Waals surface area contributed by atoms with Crippen LogP contribution in [0.3, 0.4) is 0 Å². The van der Waals surface area contributed by atoms with Crippen LogP contribution in [-0.2, 0) is 0 Å². The van der Waals surface area contributed by atoms with Crippen molar-refractivity contribution in [1.82, 2.24) is 5.32 Å². The molecule has 0 heterocycles. The van der Waals surface area contributed by atoms with Crippen molar-refractivity contribution in [1.29, 1.82) is 0 Å². The Morgan fingerprint density at radius 3 is 2.68 bits per heavy atom. The van der Waals surface area contributed by atoms with Crippen LogP contribution < -0.4 is 5.32 Å². The van der Waals surface area contributed by atoms with Gasteiger partial charge in [0.05, 0.1) is 4.92 Å². The molecule has 1 rings (SSSR count). The SMILES string of the molecule is CCCCCCNC(=O)c1ccc([N+](=O)[O-])c(Cl)c1. The van der Waals surface area contributed by atoms with E-state index >= 15 is 0 Å². The molecule has 1 N–H and O–H groups in total. The van der Waals surface area contributed by atoms with Gasteiger partial charge in [-0.15, -0.1) is 0 Å². The number of rotatable bonds is 7. The maximum Gasteiger partial charge on any atom is 0.287 e. The predicted octanol–water partition coefficient (Wildman–Crippen LogP) is 3.56. The van der Waals surface area contributed by atoms with Crippen LogP contribution in [0.15, 0.2) is 18.2 Å². The van der Waals surface area contributed by atoms with Crippen LogP contribution in [0.2, 0.25) is 5.02 Å². The molecule has 104 valence electrons. The number of nitrogens with one attached hydrogen (secondary N) is 1. The average Bonchev–Trinajstić information content (AvgIpc) is 2.37. The zero-order chi connectivity index (χ0) is 14.3. The molecule has 0 aliphatic heterocycles. The second-order valence-electron chi connectivity index (χ2n) is 4.24. The van der Waals surface area contributed by atoms with Crippen molar-refractivity contribution in [2.24, 2.45) is 0 Å². The van der Waals surface area contributed by atoms with Gasteiger partial charge < -0.3 is 5.32 Å². The summed E-state index contributed by atoms with van der Waals surface area (Å²) in [6, 6.07) is 3.97. The molecule has 0 bridgehead atoms. The molecule has 0 spiro atoms. The van der Waals surface area contributed by atoms with E-state index in [1.165, 1.54) is 18.2 Å². The van der Waals surface area contributed by atoms with Crippen molar-refractivity contribution in [3.63, 3.8) is 0 Å². The normalized spacial score (nSPS) is 10.2. The first-order chi connectivity index (χ1) is 9.06. The van der Waals surface area contributed by atoms with Crippen LogP contribution in [0.5, 0.6) is 0 Å². The Morgan fingerprint density at radius 2 is 2.11 bits per heavy atom. The van der Waals surface area contributed by atoms with Gasteiger partial charge in [0.2, 0.25) is 0 Å². The predicted molar refractivity (Wildman–Crippen MR) is 74.6 cm³/mol. The Hall–Kier alpha value is -1.62. The van der Waals surface area contributed by atoms with Gasteiger partial charge in [0, 0.05) is 18.2 Å². The summed E-state index contributed by atoms with van der Waals surface area (Å²) in [6.45, 7) is 2.73. The van der Waals surface area contributed by atoms with E-state index in [9.17, 15) is 14.9 Å². The summed E-state index contributed by atoms with van der Waals surface area (Å²) in [4.78, 5) is 21.8. The quantitative estimate of drug-likeness (QED) is 0.473. The molecule has 5 nitrogen and oxygen atoms in total. The topological polar surface area (TPSA) is 72.2 Å². The van der Waals surface area contributed by atoms with E-state index in [4.69, 9.17) is 11.6 Å². The van der Waals surface area contributed by atoms with Crippen LogP contribution in [0.1, 0.15) is 43.0 Å². The first kappa shape index (κ1) is 15.4. The largest absolute Gasteiger partial charge is 0.352 e. The Labute approximate surface area is 117 Å². The number of carbonyl (C=O) groups is 1. The van der Waals surface area contributed by atoms with Crippen molar-refractivity contribution in [3.05, 3.63) is 38.9 Å². The number of benzene rings is 1. The van der Waals surface area contributed by atoms with Gasteiger partial charge in [0.1, 0.15) is 5.02 Å². The molecule has 0 saturated heterocycles. The zero-order valence-corrected chi connectivity index (χ0v) is 11.6. The number of hydrogen-bond acceptors (Lipinski definition) is 3. The fourth-order valence-electron chi connectivity index (χ4n) is 1.65. The van der Waals surface area contributed by atoms with Crippen molar-refractivity contribution in [2.75, 3.05) is 6.54 Å². The summed E-state index contributed by atoms with van der Waals surface area (Å²) >= 11 is 5.75. The van der Waals surface area contributed by atoms with Gasteiger partial charge in [-0.25, -0.2) is 0 Å². The van der Waals surface area contributed by atoms with Gasteiger partial charge in [0.15, 0.2) is 0 Å². The first-order valence-corrected chi connectivity index (χ1v) is 6.66. The molecule has 0 aliphatic rings. The minimum absolute atomic E-state index is 0.0244. The van der Waals surface area contributed by atoms with E-state index in [0.717, 1.165) is 25.7 Å². The summed E-state index contributed by atoms with van der Waals surface area (Å²) in [5.74, 6) is -0.256. The molecule has 19 heavy (non-hydrogen) atoms. The molecule has 1 aromatic rings. The summed E-state index contributed by atoms with van der Waals surface area (Å²) in [5.41, 5.74) is 0.146. The smallest absolute Gasteiger partial charge is 0.287 e. The van der Waals surface area contributed by atoms with E-state index in [-0.39, 0.29) is 16.6 Å². The second kappa shape index (κ2) is 7.74. The molecule has 0 aromatic heterocycles. The highest BCUT2D eigenvalue weighted by Gasteiger charge is 2.14. The maximum atomic E-state index is 11.8. The number of halogens is 1. The van der Waals surface area contributed by atoms with Crippen LogP contribution in [-0.4, -0.2) is 17.4 Å². The van der Waals surface area contributed by atoms with Crippen molar-refractivity contribution < 1.29 is 9.72 Å². The number of hydrogen-bond donors (Lipinski definition) is 1. The minimum Gasteiger partial charge on any atom is -0.352 e. The summed E-state index contributed by atoms with van der Waals surface area (Å²) in [5, 5.41) is 13.3. The molecular weight excluding hydrogens is 268 g/mol. The molecular formula is C13H17ClN2O3. The van der Waals surface area contributed by atoms with Crippen molar-refractivity contribution in [3.8, 4) is 0 Å². The summed E-state index contributed by atoms with van der Waals surface area (Å²) in [6.07, 6.45) is 4.31. The van der Waals surface area contributed by atoms with Gasteiger partial charge in [-0.2, -0.15) is 0 Å². The Bertz CT molecular complexity index is 463. The second-order valence-corrected chi connectivity index (χ2v) is 4.65. The third kappa shape index (κ3) is 4.87. The van der Waals surface area contributed by atoms with Gasteiger partial charge in [-0.3, -0.25) is 14.9 Å². The molecule has 0 atom stereocenters. The lowest BCUT2D eigenvalue weighted by atomic mass is 10.2. The standard InChI is InChI=1S/C13H17ClN2O3/c1-2-3-4-5-8-15-13(17)10-6-7-12(16(18)19)11(14)9-10/h6-7,9H,2-5,8H2,1H3,(H,15,17). The Kier molecular flexibility index (Phi) is 6.29. The molecule has 1 aromatic carbocycles. The van der Waals surface area contributed by atoms with Crippen molar-refractivity contribution in [2.45, 2.75) is 32.6 Å². The maximum absolute atomic E-state index is 11.8. The first-order valence-electron chi connectivity index (χ1n) is 6.28. The van der Waals surface area contributed by atoms with E-state index in [1.807, 2.05) is 0 Å². The Morgan fingerprint density at radius 1 is 1.37 bits per heavy atom. The van der Waals surface area contributed by atoms with Crippen LogP contribution in [0, 0.1) is 10.1 Å². The van der Waals surface area contributed by atoms with E-state index in [1.54, 1.807) is 0 Å². The lowest BCUT2D eigenvalue weighted by molar-refractivity contribution is -0.384. The monoisotopic (exact) mass is 284 g/mol. The molecule has 6 heteroatoms. The number of nitrogens with zero attached hydrogens (tertiary/aromatic N) is 1. The highest BCUT2D eigenvalue weighted by atomic mass is 35.5. The fraction of sp³-hybridized carbons (Fsp3) is 0.462. The summed E-state index contributed by atoms with van der Waals surface area (Å²) < 4.78 is 0. The van der Waals surface area contributed by atoms with Gasteiger partial charge in [-0.1, -0.05) is 37.8 Å². The average molecular weight is 285 g/mol. The van der Waals surface area contributed by atoms with E-state index in [2.05, 4.69) is 12.2 Å². The minimum atomic E-state index is -0.575. The van der Waals surface area contributed by atoms with Crippen LogP contribution in [0.25, 0.3) is 0 Å². The third-order valence-electron chi connectivity index (χ3n) is 2.72. The number of nitro groups is 1. The van der Waals surface area contributed by atoms with Crippen LogP contribution in [0.4, 0.5) is 5.69 Å². The van der Waals surface area contributed by atoms with Gasteiger partial charge in [-0.05, 0) is 18.6 Å². The molecule has 1 amide bonds. The molecule has 0 fully saturated rings. The highest BCUT2D eigenvalue weighted by Crippen LogP contribution is 2.24. The van der Waals surface area contributed by atoms with Gasteiger partial charge in [0.25, 0.3) is 11.6 Å². The number of carbonyl (C=O) groups excluding carboxylic acids is 1.